The van der Waals surface area contributed by atoms with Crippen molar-refractivity contribution < 1.29 is 9.53 Å². The minimum absolute atomic E-state index is 0.116. The van der Waals surface area contributed by atoms with Gasteiger partial charge >= 0.3 is 0 Å². The summed E-state index contributed by atoms with van der Waals surface area (Å²) in [4.78, 5) is 25.7. The number of fused-ring (bicyclic) bond motifs is 7. The number of hydrogen-bond donors (Lipinski definition) is 3. The summed E-state index contributed by atoms with van der Waals surface area (Å²) < 4.78 is 9.26. The molecule has 3 saturated carbocycles. The van der Waals surface area contributed by atoms with E-state index in [2.05, 4.69) is 45.3 Å². The van der Waals surface area contributed by atoms with Gasteiger partial charge in [-0.3, -0.25) is 14.5 Å². The van der Waals surface area contributed by atoms with Gasteiger partial charge in [-0.05, 0) is 118 Å². The van der Waals surface area contributed by atoms with Crippen molar-refractivity contribution in [1.82, 2.24) is 20.1 Å². The van der Waals surface area contributed by atoms with E-state index < -0.39 is 0 Å². The summed E-state index contributed by atoms with van der Waals surface area (Å²) in [6.07, 6.45) is 14.1. The van der Waals surface area contributed by atoms with Gasteiger partial charge in [-0.1, -0.05) is 6.07 Å². The van der Waals surface area contributed by atoms with Crippen molar-refractivity contribution in [1.29, 1.82) is 0 Å². The van der Waals surface area contributed by atoms with Crippen LogP contribution < -0.4 is 25.4 Å². The molecule has 4 fully saturated rings. The number of ether oxygens (including phenoxy) is 1. The highest BCUT2D eigenvalue weighted by molar-refractivity contribution is 7.97. The van der Waals surface area contributed by atoms with Gasteiger partial charge in [0.15, 0.2) is 0 Å². The molecular weight excluding hydrogens is 546 g/mol. The molecule has 2 aromatic rings. The lowest BCUT2D eigenvalue weighted by Crippen LogP contribution is -2.41. The fourth-order valence-corrected chi connectivity index (χ4v) is 9.13. The minimum Gasteiger partial charge on any atom is -0.370 e. The Labute approximate surface area is 252 Å². The first-order chi connectivity index (χ1) is 20.4. The summed E-state index contributed by atoms with van der Waals surface area (Å²) in [6.45, 7) is 7.08. The number of carbonyl (C=O) groups excluding carboxylic acids is 1. The van der Waals surface area contributed by atoms with Crippen LogP contribution in [0.2, 0.25) is 0 Å². The van der Waals surface area contributed by atoms with Gasteiger partial charge in [0.1, 0.15) is 28.7 Å². The molecule has 1 saturated heterocycles. The Balaban J connectivity index is 0.997. The Morgan fingerprint density at radius 3 is 2.74 bits per heavy atom. The lowest BCUT2D eigenvalue weighted by atomic mass is 9.93. The zero-order chi connectivity index (χ0) is 28.5. The topological polar surface area (TPSA) is 94.7 Å². The first-order valence-electron chi connectivity index (χ1n) is 15.7. The van der Waals surface area contributed by atoms with Crippen molar-refractivity contribution in [3.05, 3.63) is 48.2 Å². The standard InChI is InChI=1S/C32H41N7O2S/c1-30(2)19-21-5-4-16-33-24-6-3-7-27(34-24)42-37-29(40)22-8-9-25(35-28(22)38(30)20-21)39-17-10-26(36-39)41-18-11-23-31(12-13-31)32(23)14-15-32/h3,6-10,17,21,23,26,36H,4-5,11-16,18-20H2,1-2H3,(H,33,34)(H,37,40). The van der Waals surface area contributed by atoms with E-state index in [1.54, 1.807) is 0 Å². The fraction of sp³-hybridized carbons (Fsp3) is 0.594. The van der Waals surface area contributed by atoms with Crippen LogP contribution in [0.25, 0.3) is 0 Å². The number of nitrogens with zero attached hydrogens (tertiary/aromatic N) is 4. The molecule has 0 radical (unpaired) electrons. The third-order valence-corrected chi connectivity index (χ3v) is 11.6. The minimum atomic E-state index is -0.170. The summed E-state index contributed by atoms with van der Waals surface area (Å²) in [5.74, 6) is 3.57. The molecule has 4 bridgehead atoms. The number of nitrogens with one attached hydrogen (secondary N) is 3. The van der Waals surface area contributed by atoms with Crippen LogP contribution in [0.15, 0.2) is 47.6 Å². The summed E-state index contributed by atoms with van der Waals surface area (Å²) in [5.41, 5.74) is 5.36. The van der Waals surface area contributed by atoms with Crippen molar-refractivity contribution in [2.45, 2.75) is 82.0 Å². The maximum Gasteiger partial charge on any atom is 0.265 e. The molecule has 6 aliphatic rings. The lowest BCUT2D eigenvalue weighted by molar-refractivity contribution is 0.0624. The van der Waals surface area contributed by atoms with Crippen LogP contribution in [0.5, 0.6) is 0 Å². The van der Waals surface area contributed by atoms with E-state index >= 15 is 0 Å². The molecule has 3 N–H and O–H groups in total. The highest BCUT2D eigenvalue weighted by Crippen LogP contribution is 2.93. The monoisotopic (exact) mass is 587 g/mol. The maximum atomic E-state index is 13.6. The molecule has 10 heteroatoms. The van der Waals surface area contributed by atoms with Gasteiger partial charge < -0.3 is 15.0 Å². The van der Waals surface area contributed by atoms with Gasteiger partial charge in [0.05, 0.1) is 5.56 Å². The Kier molecular flexibility index (Phi) is 6.28. The molecule has 8 rings (SSSR count). The number of rotatable bonds is 5. The molecule has 2 aromatic heterocycles. The van der Waals surface area contributed by atoms with Crippen LogP contribution in [0.3, 0.4) is 0 Å². The smallest absolute Gasteiger partial charge is 0.265 e. The SMILES string of the molecule is CC1(C)CC2CCCNc3cccc(n3)SNC(=O)c3ccc(N4C=CC(OCCC5C6(CC6)C56CC6)N4)nc3N1C2. The van der Waals surface area contributed by atoms with Gasteiger partial charge in [-0.2, -0.15) is 5.43 Å². The average molecular weight is 588 g/mol. The second kappa shape index (κ2) is 9.86. The number of carbonyl (C=O) groups is 1. The van der Waals surface area contributed by atoms with Crippen LogP contribution >= 0.6 is 11.9 Å². The molecule has 3 aliphatic heterocycles. The molecule has 2 atom stereocenters. The van der Waals surface area contributed by atoms with Crippen LogP contribution in [0, 0.1) is 22.7 Å². The average Bonchev–Trinajstić information content (AvgIpc) is 3.93. The van der Waals surface area contributed by atoms with Crippen LogP contribution in [0.4, 0.5) is 17.5 Å². The maximum absolute atomic E-state index is 13.6. The number of anilines is 3. The molecule has 9 nitrogen and oxygen atoms in total. The van der Waals surface area contributed by atoms with Crippen molar-refractivity contribution in [3.8, 4) is 0 Å². The molecule has 5 heterocycles. The lowest BCUT2D eigenvalue weighted by Gasteiger charge is -2.34. The molecule has 2 unspecified atom stereocenters. The first-order valence-corrected chi connectivity index (χ1v) is 16.5. The number of pyridine rings is 2. The van der Waals surface area contributed by atoms with Crippen molar-refractivity contribution in [2.75, 3.05) is 34.9 Å². The van der Waals surface area contributed by atoms with E-state index in [4.69, 9.17) is 9.72 Å². The second-order valence-electron chi connectivity index (χ2n) is 13.8. The molecule has 3 aliphatic carbocycles. The summed E-state index contributed by atoms with van der Waals surface area (Å²) >= 11 is 1.24. The summed E-state index contributed by atoms with van der Waals surface area (Å²) in [6, 6.07) is 9.67. The van der Waals surface area contributed by atoms with Gasteiger partial charge in [0.25, 0.3) is 5.91 Å². The fourth-order valence-electron chi connectivity index (χ4n) is 8.53. The van der Waals surface area contributed by atoms with Crippen LogP contribution in [-0.2, 0) is 4.74 Å². The Morgan fingerprint density at radius 2 is 1.93 bits per heavy atom. The van der Waals surface area contributed by atoms with Gasteiger partial charge in [0.2, 0.25) is 0 Å². The van der Waals surface area contributed by atoms with E-state index in [0.717, 1.165) is 78.2 Å². The molecule has 0 aromatic carbocycles. The second-order valence-corrected chi connectivity index (χ2v) is 14.6. The van der Waals surface area contributed by atoms with Crippen LogP contribution in [0.1, 0.15) is 75.6 Å². The van der Waals surface area contributed by atoms with E-state index in [-0.39, 0.29) is 17.7 Å². The van der Waals surface area contributed by atoms with Crippen LogP contribution in [-0.4, -0.2) is 47.3 Å². The first kappa shape index (κ1) is 26.8. The Morgan fingerprint density at radius 1 is 1.10 bits per heavy atom. The quantitative estimate of drug-likeness (QED) is 0.393. The molecule has 1 amide bonds. The Bertz CT molecular complexity index is 1400. The predicted octanol–water partition coefficient (Wildman–Crippen LogP) is 5.49. The third kappa shape index (κ3) is 4.57. The highest BCUT2D eigenvalue weighted by atomic mass is 32.2. The zero-order valence-electron chi connectivity index (χ0n) is 24.6. The van der Waals surface area contributed by atoms with Crippen molar-refractivity contribution in [3.63, 3.8) is 0 Å². The van der Waals surface area contributed by atoms with E-state index in [0.29, 0.717) is 11.5 Å². The third-order valence-electron chi connectivity index (χ3n) is 10.8. The van der Waals surface area contributed by atoms with E-state index in [1.807, 2.05) is 41.5 Å². The molecular formula is C32H41N7O2S. The number of amides is 1. The molecule has 42 heavy (non-hydrogen) atoms. The highest BCUT2D eigenvalue weighted by Gasteiger charge is 2.85. The van der Waals surface area contributed by atoms with Gasteiger partial charge in [0, 0.05) is 43.4 Å². The number of hydrogen-bond acceptors (Lipinski definition) is 9. The predicted molar refractivity (Wildman–Crippen MR) is 165 cm³/mol. The normalized spacial score (nSPS) is 28.2. The largest absolute Gasteiger partial charge is 0.370 e. The summed E-state index contributed by atoms with van der Waals surface area (Å²) in [7, 11) is 0. The summed E-state index contributed by atoms with van der Waals surface area (Å²) in [5, 5.41) is 6.12. The zero-order valence-corrected chi connectivity index (χ0v) is 25.4. The van der Waals surface area contributed by atoms with Crippen molar-refractivity contribution >= 4 is 35.3 Å². The Hall–Kier alpha value is -2.82. The van der Waals surface area contributed by atoms with E-state index in [1.165, 1.54) is 44.1 Å². The van der Waals surface area contributed by atoms with E-state index in [9.17, 15) is 4.79 Å². The number of hydrazine groups is 1. The van der Waals surface area contributed by atoms with Crippen molar-refractivity contribution in [2.24, 2.45) is 22.7 Å². The van der Waals surface area contributed by atoms with Gasteiger partial charge in [-0.25, -0.2) is 9.97 Å². The van der Waals surface area contributed by atoms with Gasteiger partial charge in [-0.15, -0.1) is 0 Å². The molecule has 2 spiro atoms. The molecule has 222 valence electrons. The number of aromatic nitrogens is 2.